The van der Waals surface area contributed by atoms with Crippen LogP contribution in [0.15, 0.2) is 66.7 Å². The number of nitrogens with zero attached hydrogens (tertiary/aromatic N) is 1. The van der Waals surface area contributed by atoms with E-state index in [-0.39, 0.29) is 29.6 Å². The highest BCUT2D eigenvalue weighted by atomic mass is 32.2. The van der Waals surface area contributed by atoms with Crippen molar-refractivity contribution in [1.82, 2.24) is 0 Å². The van der Waals surface area contributed by atoms with Crippen LogP contribution in [0.25, 0.3) is 0 Å². The first kappa shape index (κ1) is 30.8. The number of alkyl halides is 5. The lowest BCUT2D eigenvalue weighted by Gasteiger charge is -2.43. The summed E-state index contributed by atoms with van der Waals surface area (Å²) in [7, 11) is 1.96. The Labute approximate surface area is 241 Å². The second kappa shape index (κ2) is 12.4. The Hall–Kier alpha value is -3.14. The number of halogens is 5. The molecule has 0 aromatic heterocycles. The molecule has 4 rings (SSSR count). The van der Waals surface area contributed by atoms with Crippen LogP contribution in [0.2, 0.25) is 0 Å². The number of hydrogen-bond donors (Lipinski definition) is 2. The molecule has 2 N–H and O–H groups in total. The minimum atomic E-state index is -5.50. The molecular formula is C31H34F5NO3S. The van der Waals surface area contributed by atoms with E-state index in [4.69, 9.17) is 4.74 Å². The number of aromatic hydroxyl groups is 2. The molecule has 2 atom stereocenters. The van der Waals surface area contributed by atoms with Gasteiger partial charge in [-0.25, -0.2) is 0 Å². The maximum atomic E-state index is 13.1. The van der Waals surface area contributed by atoms with Crippen molar-refractivity contribution in [2.24, 2.45) is 0 Å². The maximum absolute atomic E-state index is 13.1. The number of hydrogen-bond acceptors (Lipinski definition) is 5. The third kappa shape index (κ3) is 7.02. The van der Waals surface area contributed by atoms with E-state index < -0.39 is 23.9 Å². The molecule has 0 saturated carbocycles. The number of thioether (sulfide) groups is 1. The number of rotatable bonds is 11. The lowest BCUT2D eigenvalue weighted by molar-refractivity contribution is -0.284. The van der Waals surface area contributed by atoms with Gasteiger partial charge in [0.25, 0.3) is 0 Å². The first-order valence-electron chi connectivity index (χ1n) is 13.4. The zero-order chi connectivity index (χ0) is 29.8. The van der Waals surface area contributed by atoms with E-state index >= 15 is 0 Å². The molecule has 3 aromatic rings. The molecule has 0 saturated heterocycles. The summed E-state index contributed by atoms with van der Waals surface area (Å²) in [5.74, 6) is -2.93. The molecule has 1 aliphatic heterocycles. The van der Waals surface area contributed by atoms with Crippen molar-refractivity contribution in [3.63, 3.8) is 0 Å². The zero-order valence-electron chi connectivity index (χ0n) is 22.9. The van der Waals surface area contributed by atoms with Gasteiger partial charge in [0.2, 0.25) is 0 Å². The summed E-state index contributed by atoms with van der Waals surface area (Å²) >= 11 is 1.38. The average Bonchev–Trinajstić information content (AvgIpc) is 2.92. The van der Waals surface area contributed by atoms with Gasteiger partial charge in [0.1, 0.15) is 17.2 Å². The van der Waals surface area contributed by atoms with E-state index in [2.05, 4.69) is 24.0 Å². The largest absolute Gasteiger partial charge is 0.508 e. The Morgan fingerprint density at radius 2 is 1.61 bits per heavy atom. The second-order valence-electron chi connectivity index (χ2n) is 10.7. The highest BCUT2D eigenvalue weighted by Crippen LogP contribution is 2.51. The van der Waals surface area contributed by atoms with Crippen molar-refractivity contribution in [3.8, 4) is 17.2 Å². The Balaban J connectivity index is 1.45. The smallest absolute Gasteiger partial charge is 0.453 e. The van der Waals surface area contributed by atoms with Gasteiger partial charge in [0, 0.05) is 48.7 Å². The average molecular weight is 596 g/mol. The highest BCUT2D eigenvalue weighted by molar-refractivity contribution is 7.99. The monoisotopic (exact) mass is 595 g/mol. The molecule has 1 heterocycles. The maximum Gasteiger partial charge on any atom is 0.453 e. The van der Waals surface area contributed by atoms with Crippen molar-refractivity contribution < 1.29 is 36.9 Å². The Morgan fingerprint density at radius 3 is 2.32 bits per heavy atom. The van der Waals surface area contributed by atoms with E-state index in [9.17, 15) is 32.2 Å². The van der Waals surface area contributed by atoms with E-state index in [1.165, 1.54) is 11.8 Å². The summed E-state index contributed by atoms with van der Waals surface area (Å²) < 4.78 is 69.2. The number of phenols is 2. The van der Waals surface area contributed by atoms with Crippen LogP contribution in [0.5, 0.6) is 17.2 Å². The lowest BCUT2D eigenvalue weighted by Crippen LogP contribution is -2.41. The van der Waals surface area contributed by atoms with Gasteiger partial charge in [-0.15, -0.1) is 0 Å². The molecule has 0 spiro atoms. The van der Waals surface area contributed by atoms with E-state index in [0.717, 1.165) is 28.8 Å². The molecule has 10 heteroatoms. The van der Waals surface area contributed by atoms with Gasteiger partial charge in [-0.05, 0) is 65.8 Å². The normalized spacial score (nSPS) is 19.0. The number of ether oxygens (including phenoxy) is 1. The summed E-state index contributed by atoms with van der Waals surface area (Å²) in [5.41, 5.74) is 3.51. The van der Waals surface area contributed by atoms with Crippen molar-refractivity contribution >= 4 is 17.4 Å². The molecule has 41 heavy (non-hydrogen) atoms. The molecule has 0 aliphatic carbocycles. The highest BCUT2D eigenvalue weighted by Gasteiger charge is 2.56. The van der Waals surface area contributed by atoms with Crippen LogP contribution < -0.4 is 9.64 Å². The number of phenolic OH excluding ortho intramolecular Hbond substituents is 2. The van der Waals surface area contributed by atoms with Crippen molar-refractivity contribution in [2.75, 3.05) is 36.6 Å². The van der Waals surface area contributed by atoms with E-state index in [0.29, 0.717) is 24.7 Å². The summed E-state index contributed by atoms with van der Waals surface area (Å²) in [5, 5.41) is 19.9. The zero-order valence-corrected chi connectivity index (χ0v) is 23.7. The third-order valence-electron chi connectivity index (χ3n) is 7.62. The first-order valence-corrected chi connectivity index (χ1v) is 14.6. The van der Waals surface area contributed by atoms with Gasteiger partial charge < -0.3 is 19.8 Å². The number of benzene rings is 3. The number of fused-ring (bicyclic) bond motifs is 1. The minimum absolute atomic E-state index is 0.116. The Morgan fingerprint density at radius 1 is 0.927 bits per heavy atom. The molecule has 4 nitrogen and oxygen atoms in total. The summed E-state index contributed by atoms with van der Waals surface area (Å²) in [6, 6.07) is 20.4. The van der Waals surface area contributed by atoms with Crippen LogP contribution in [0.1, 0.15) is 48.8 Å². The molecule has 1 aliphatic rings. The fourth-order valence-corrected chi connectivity index (χ4v) is 6.18. The van der Waals surface area contributed by atoms with Gasteiger partial charge in [-0.2, -0.15) is 33.7 Å². The molecule has 3 aromatic carbocycles. The molecule has 0 fully saturated rings. The molecule has 2 unspecified atom stereocenters. The van der Waals surface area contributed by atoms with Gasteiger partial charge >= 0.3 is 12.1 Å². The standard InChI is InChI=1S/C31H34F5NO3S/c1-29(22-8-10-24(38)11-9-22)20-40-27-19-25(39)12-13-26(27)28(29)21-6-3-7-23(18-21)37(2)15-5-17-41-16-4-14-30(32,33)31(34,35)36/h3,6-13,18-19,28,38-39H,4-5,14-17,20H2,1-2H3. The predicted octanol–water partition coefficient (Wildman–Crippen LogP) is 8.12. The topological polar surface area (TPSA) is 52.9 Å². The Bertz CT molecular complexity index is 1320. The molecule has 0 radical (unpaired) electrons. The van der Waals surface area contributed by atoms with Crippen molar-refractivity contribution in [2.45, 2.75) is 49.6 Å². The van der Waals surface area contributed by atoms with E-state index in [1.54, 1.807) is 24.3 Å². The van der Waals surface area contributed by atoms with Gasteiger partial charge in [0.15, 0.2) is 0 Å². The van der Waals surface area contributed by atoms with E-state index in [1.807, 2.05) is 37.4 Å². The van der Waals surface area contributed by atoms with Crippen LogP contribution in [0, 0.1) is 0 Å². The van der Waals surface area contributed by atoms with Crippen LogP contribution in [0.3, 0.4) is 0 Å². The third-order valence-corrected chi connectivity index (χ3v) is 8.77. The molecule has 0 amide bonds. The number of anilines is 1. The van der Waals surface area contributed by atoms with Crippen molar-refractivity contribution in [3.05, 3.63) is 83.4 Å². The second-order valence-corrected chi connectivity index (χ2v) is 11.9. The fraction of sp³-hybridized carbons (Fsp3) is 0.419. The van der Waals surface area contributed by atoms with Gasteiger partial charge in [-0.3, -0.25) is 0 Å². The molecule has 0 bridgehead atoms. The minimum Gasteiger partial charge on any atom is -0.508 e. The lowest BCUT2D eigenvalue weighted by atomic mass is 9.65. The van der Waals surface area contributed by atoms with Crippen LogP contribution in [-0.2, 0) is 5.41 Å². The quantitative estimate of drug-likeness (QED) is 0.173. The summed E-state index contributed by atoms with van der Waals surface area (Å²) in [6.45, 7) is 3.17. The van der Waals surface area contributed by atoms with Gasteiger partial charge in [0.05, 0.1) is 6.61 Å². The van der Waals surface area contributed by atoms with Crippen molar-refractivity contribution in [1.29, 1.82) is 0 Å². The fourth-order valence-electron chi connectivity index (χ4n) is 5.30. The van der Waals surface area contributed by atoms with Crippen LogP contribution >= 0.6 is 11.8 Å². The SMILES string of the molecule is CN(CCCSCCCC(F)(F)C(F)(F)F)c1cccc(C2c3ccc(O)cc3OCC2(C)c2ccc(O)cc2)c1. The Kier molecular flexibility index (Phi) is 9.31. The summed E-state index contributed by atoms with van der Waals surface area (Å²) in [4.78, 5) is 2.09. The first-order chi connectivity index (χ1) is 19.3. The molecular weight excluding hydrogens is 561 g/mol. The summed E-state index contributed by atoms with van der Waals surface area (Å²) in [6.07, 6.45) is -6.13. The predicted molar refractivity (Wildman–Crippen MR) is 153 cm³/mol. The van der Waals surface area contributed by atoms with Crippen LogP contribution in [-0.4, -0.2) is 54.0 Å². The van der Waals surface area contributed by atoms with Gasteiger partial charge in [-0.1, -0.05) is 37.3 Å². The molecule has 222 valence electrons. The van der Waals surface area contributed by atoms with Crippen LogP contribution in [0.4, 0.5) is 27.6 Å².